The number of esters is 1. The number of hydrogen-bond donors (Lipinski definition) is 0. The Kier molecular flexibility index (Phi) is 6.63. The van der Waals surface area contributed by atoms with Crippen molar-refractivity contribution in [1.29, 1.82) is 0 Å². The average molecular weight is 477 g/mol. The second kappa shape index (κ2) is 10.00. The minimum atomic E-state index is -0.490. The minimum absolute atomic E-state index is 0.242. The lowest BCUT2D eigenvalue weighted by molar-refractivity contribution is -0.134. The van der Waals surface area contributed by atoms with Crippen LogP contribution in [0.1, 0.15) is 28.5 Å². The molecule has 1 amide bonds. The molecule has 3 aromatic rings. The molecule has 35 heavy (non-hydrogen) atoms. The molecular weight excluding hydrogens is 447 g/mol. The molecule has 0 radical (unpaired) electrons. The highest BCUT2D eigenvalue weighted by atomic mass is 19.1. The number of hydrogen-bond acceptors (Lipinski definition) is 6. The third kappa shape index (κ3) is 4.71. The zero-order chi connectivity index (χ0) is 24.4. The number of carbonyl (C=O) groups is 2. The number of benzene rings is 2. The molecule has 1 fully saturated rings. The highest BCUT2D eigenvalue weighted by molar-refractivity contribution is 6.05. The topological polar surface area (TPSA) is 66.0 Å². The molecular formula is C27H29FN4O3. The SMILES string of the molecule is CCN1CCc2nc3ccccc3c(C(=O)OCC(=O)N3CCN(c4ccccc4F)CC3)c2C1. The summed E-state index contributed by atoms with van der Waals surface area (Å²) in [6, 6.07) is 14.2. The Labute approximate surface area is 204 Å². The Bertz CT molecular complexity index is 1260. The summed E-state index contributed by atoms with van der Waals surface area (Å²) in [5.74, 6) is -0.999. The fourth-order valence-corrected chi connectivity index (χ4v) is 4.94. The van der Waals surface area contributed by atoms with Gasteiger partial charge in [-0.05, 0) is 24.7 Å². The van der Waals surface area contributed by atoms with Crippen molar-refractivity contribution < 1.29 is 18.7 Å². The lowest BCUT2D eigenvalue weighted by Crippen LogP contribution is -2.50. The number of likely N-dealkylation sites (N-methyl/N-ethyl adjacent to an activating group) is 1. The maximum absolute atomic E-state index is 14.1. The smallest absolute Gasteiger partial charge is 0.339 e. The third-order valence-electron chi connectivity index (χ3n) is 6.93. The zero-order valence-corrected chi connectivity index (χ0v) is 19.9. The predicted octanol–water partition coefficient (Wildman–Crippen LogP) is 3.26. The number of ether oxygens (including phenoxy) is 1. The molecule has 182 valence electrons. The summed E-state index contributed by atoms with van der Waals surface area (Å²) in [5.41, 5.74) is 3.64. The van der Waals surface area contributed by atoms with E-state index in [1.54, 1.807) is 23.1 Å². The first-order valence-electron chi connectivity index (χ1n) is 12.1. The van der Waals surface area contributed by atoms with Crippen LogP contribution in [0.3, 0.4) is 0 Å². The van der Waals surface area contributed by atoms with Gasteiger partial charge in [0.05, 0.1) is 16.8 Å². The standard InChI is InChI=1S/C27H29FN4O3/c1-2-30-12-11-23-20(17-30)26(19-7-3-5-9-22(19)29-23)27(34)35-18-25(33)32-15-13-31(14-16-32)24-10-6-4-8-21(24)28/h3-10H,2,11-18H2,1H3. The highest BCUT2D eigenvalue weighted by Crippen LogP contribution is 2.29. The van der Waals surface area contributed by atoms with Gasteiger partial charge >= 0.3 is 5.97 Å². The number of piperazine rings is 1. The van der Waals surface area contributed by atoms with Gasteiger partial charge in [0, 0.05) is 62.3 Å². The van der Waals surface area contributed by atoms with Crippen LogP contribution in [0.2, 0.25) is 0 Å². The second-order valence-electron chi connectivity index (χ2n) is 8.94. The average Bonchev–Trinajstić information content (AvgIpc) is 2.90. The molecule has 0 saturated carbocycles. The maximum Gasteiger partial charge on any atom is 0.339 e. The fraction of sp³-hybridized carbons (Fsp3) is 0.370. The molecule has 1 saturated heterocycles. The monoisotopic (exact) mass is 476 g/mol. The Morgan fingerprint density at radius 1 is 1.00 bits per heavy atom. The second-order valence-corrected chi connectivity index (χ2v) is 8.94. The molecule has 0 spiro atoms. The molecule has 0 N–H and O–H groups in total. The number of para-hydroxylation sites is 2. The van der Waals surface area contributed by atoms with Crippen LogP contribution in [0.5, 0.6) is 0 Å². The first-order valence-corrected chi connectivity index (χ1v) is 12.1. The lowest BCUT2D eigenvalue weighted by atomic mass is 9.96. The number of nitrogens with zero attached hydrogens (tertiary/aromatic N) is 4. The van der Waals surface area contributed by atoms with E-state index in [9.17, 15) is 14.0 Å². The van der Waals surface area contributed by atoms with Crippen molar-refractivity contribution in [3.05, 3.63) is 71.2 Å². The van der Waals surface area contributed by atoms with Gasteiger partial charge in [-0.15, -0.1) is 0 Å². The molecule has 1 aromatic heterocycles. The summed E-state index contributed by atoms with van der Waals surface area (Å²) < 4.78 is 19.7. The van der Waals surface area contributed by atoms with Crippen LogP contribution in [0.15, 0.2) is 48.5 Å². The van der Waals surface area contributed by atoms with Gasteiger partial charge in [-0.25, -0.2) is 9.18 Å². The molecule has 0 aliphatic carbocycles. The van der Waals surface area contributed by atoms with E-state index in [1.165, 1.54) is 6.07 Å². The minimum Gasteiger partial charge on any atom is -0.452 e. The van der Waals surface area contributed by atoms with Crippen molar-refractivity contribution in [2.24, 2.45) is 0 Å². The fourth-order valence-electron chi connectivity index (χ4n) is 4.94. The van der Waals surface area contributed by atoms with Crippen molar-refractivity contribution in [1.82, 2.24) is 14.8 Å². The summed E-state index contributed by atoms with van der Waals surface area (Å²) in [6.45, 7) is 6.15. The van der Waals surface area contributed by atoms with Gasteiger partial charge in [0.15, 0.2) is 6.61 Å². The van der Waals surface area contributed by atoms with E-state index in [0.717, 1.165) is 41.7 Å². The number of halogens is 1. The molecule has 5 rings (SSSR count). The summed E-state index contributed by atoms with van der Waals surface area (Å²) in [6.07, 6.45) is 0.777. The van der Waals surface area contributed by atoms with Gasteiger partial charge in [0.1, 0.15) is 5.82 Å². The van der Waals surface area contributed by atoms with E-state index < -0.39 is 5.97 Å². The van der Waals surface area contributed by atoms with Gasteiger partial charge in [0.25, 0.3) is 5.91 Å². The number of pyridine rings is 1. The van der Waals surface area contributed by atoms with Crippen molar-refractivity contribution >= 4 is 28.5 Å². The zero-order valence-electron chi connectivity index (χ0n) is 19.9. The molecule has 2 aliphatic rings. The molecule has 7 nitrogen and oxygen atoms in total. The molecule has 0 bridgehead atoms. The van der Waals surface area contributed by atoms with E-state index in [4.69, 9.17) is 9.72 Å². The van der Waals surface area contributed by atoms with Gasteiger partial charge in [-0.1, -0.05) is 37.3 Å². The maximum atomic E-state index is 14.1. The van der Waals surface area contributed by atoms with Gasteiger partial charge in [0.2, 0.25) is 0 Å². The van der Waals surface area contributed by atoms with Crippen LogP contribution >= 0.6 is 0 Å². The first-order chi connectivity index (χ1) is 17.0. The van der Waals surface area contributed by atoms with Gasteiger partial charge < -0.3 is 14.5 Å². The van der Waals surface area contributed by atoms with Crippen molar-refractivity contribution in [3.8, 4) is 0 Å². The number of amides is 1. The number of anilines is 1. The van der Waals surface area contributed by atoms with Crippen LogP contribution < -0.4 is 4.90 Å². The summed E-state index contributed by atoms with van der Waals surface area (Å²) in [4.78, 5) is 36.8. The third-order valence-corrected chi connectivity index (χ3v) is 6.93. The molecule has 8 heteroatoms. The quantitative estimate of drug-likeness (QED) is 0.527. The highest BCUT2D eigenvalue weighted by Gasteiger charge is 2.28. The molecule has 2 aromatic carbocycles. The van der Waals surface area contributed by atoms with Crippen LogP contribution in [-0.2, 0) is 22.5 Å². The summed E-state index contributed by atoms with van der Waals surface area (Å²) in [5, 5.41) is 0.750. The first kappa shape index (κ1) is 23.2. The van der Waals surface area contributed by atoms with E-state index in [-0.39, 0.29) is 18.3 Å². The largest absolute Gasteiger partial charge is 0.452 e. The van der Waals surface area contributed by atoms with Crippen LogP contribution in [-0.4, -0.2) is 72.5 Å². The van der Waals surface area contributed by atoms with Gasteiger partial charge in [-0.2, -0.15) is 0 Å². The van der Waals surface area contributed by atoms with Crippen molar-refractivity contribution in [2.75, 3.05) is 50.8 Å². The number of fused-ring (bicyclic) bond motifs is 2. The predicted molar refractivity (Wildman–Crippen MR) is 132 cm³/mol. The normalized spacial score (nSPS) is 16.3. The Hall–Kier alpha value is -3.52. The molecule has 0 unspecified atom stereocenters. The number of carbonyl (C=O) groups excluding carboxylic acids is 2. The Morgan fingerprint density at radius 2 is 1.74 bits per heavy atom. The summed E-state index contributed by atoms with van der Waals surface area (Å²) in [7, 11) is 0. The van der Waals surface area contributed by atoms with E-state index in [0.29, 0.717) is 44.0 Å². The number of aromatic nitrogens is 1. The van der Waals surface area contributed by atoms with E-state index in [2.05, 4.69) is 11.8 Å². The Balaban J connectivity index is 1.27. The lowest BCUT2D eigenvalue weighted by Gasteiger charge is -2.36. The van der Waals surface area contributed by atoms with Gasteiger partial charge in [-0.3, -0.25) is 14.7 Å². The van der Waals surface area contributed by atoms with E-state index in [1.807, 2.05) is 29.2 Å². The summed E-state index contributed by atoms with van der Waals surface area (Å²) >= 11 is 0. The Morgan fingerprint density at radius 3 is 2.51 bits per heavy atom. The van der Waals surface area contributed by atoms with Crippen molar-refractivity contribution in [3.63, 3.8) is 0 Å². The van der Waals surface area contributed by atoms with Crippen LogP contribution in [0.25, 0.3) is 10.9 Å². The molecule has 2 aliphatic heterocycles. The van der Waals surface area contributed by atoms with Crippen molar-refractivity contribution in [2.45, 2.75) is 19.9 Å². The van der Waals surface area contributed by atoms with E-state index >= 15 is 0 Å². The van der Waals surface area contributed by atoms with Crippen LogP contribution in [0, 0.1) is 5.82 Å². The van der Waals surface area contributed by atoms with Crippen LogP contribution in [0.4, 0.5) is 10.1 Å². The molecule has 3 heterocycles. The number of rotatable bonds is 5. The molecule has 0 atom stereocenters.